The molecule has 4 aromatic carbocycles. The van der Waals surface area contributed by atoms with Gasteiger partial charge >= 0.3 is 0 Å². The fourth-order valence-electron chi connectivity index (χ4n) is 5.76. The van der Waals surface area contributed by atoms with Crippen LogP contribution >= 0.6 is 0 Å². The van der Waals surface area contributed by atoms with Crippen molar-refractivity contribution in [2.75, 3.05) is 0 Å². The van der Waals surface area contributed by atoms with Crippen LogP contribution in [0.15, 0.2) is 78.9 Å². The molecule has 0 bridgehead atoms. The first kappa shape index (κ1) is 23.1. The molecule has 3 heterocycles. The summed E-state index contributed by atoms with van der Waals surface area (Å²) in [6.45, 7) is 14.2. The summed E-state index contributed by atoms with van der Waals surface area (Å²) < 4.78 is 10.6. The van der Waals surface area contributed by atoms with E-state index < -0.39 is 0 Å². The molecule has 38 heavy (non-hydrogen) atoms. The summed E-state index contributed by atoms with van der Waals surface area (Å²) in [5.41, 5.74) is 9.56. The van der Waals surface area contributed by atoms with Gasteiger partial charge in [-0.15, -0.1) is 0 Å². The van der Waals surface area contributed by atoms with E-state index >= 15 is 0 Å². The number of ether oxygens (including phenoxy) is 1. The standard InChI is InChI=1S/C34H33N3O/c1-33(2,3)21-11-15-27-24(17-21)25-18-22(34(4,5)6)12-16-28(25)36(27)23-13-14-26-30(19-23)37-29-9-7-8-10-31(29)38-20-32(37)35-26/h7-19H,20H2,1-6H3. The van der Waals surface area contributed by atoms with Crippen LogP contribution in [0.1, 0.15) is 58.5 Å². The molecule has 0 fully saturated rings. The Morgan fingerprint density at radius 1 is 0.658 bits per heavy atom. The summed E-state index contributed by atoms with van der Waals surface area (Å²) >= 11 is 0. The van der Waals surface area contributed by atoms with Crippen LogP contribution in [-0.4, -0.2) is 14.1 Å². The lowest BCUT2D eigenvalue weighted by molar-refractivity contribution is 0.280. The number of fused-ring (bicyclic) bond motifs is 8. The summed E-state index contributed by atoms with van der Waals surface area (Å²) in [4.78, 5) is 4.91. The second-order valence-electron chi connectivity index (χ2n) is 12.6. The highest BCUT2D eigenvalue weighted by molar-refractivity contribution is 6.10. The molecule has 1 aliphatic heterocycles. The fourth-order valence-corrected chi connectivity index (χ4v) is 5.76. The Morgan fingerprint density at radius 3 is 1.92 bits per heavy atom. The maximum absolute atomic E-state index is 5.99. The maximum atomic E-state index is 5.99. The Morgan fingerprint density at radius 2 is 1.29 bits per heavy atom. The monoisotopic (exact) mass is 499 g/mol. The van der Waals surface area contributed by atoms with Crippen LogP contribution < -0.4 is 4.74 Å². The molecule has 0 spiro atoms. The summed E-state index contributed by atoms with van der Waals surface area (Å²) in [6.07, 6.45) is 0. The Bertz CT molecular complexity index is 1820. The molecule has 0 atom stereocenters. The molecule has 0 unspecified atom stereocenters. The molecule has 0 aliphatic carbocycles. The minimum Gasteiger partial charge on any atom is -0.483 e. The first-order chi connectivity index (χ1) is 18.1. The second-order valence-corrected chi connectivity index (χ2v) is 12.6. The second kappa shape index (κ2) is 7.73. The van der Waals surface area contributed by atoms with Gasteiger partial charge in [-0.25, -0.2) is 4.98 Å². The molecular formula is C34H33N3O. The molecule has 4 nitrogen and oxygen atoms in total. The van der Waals surface area contributed by atoms with Gasteiger partial charge in [0, 0.05) is 16.5 Å². The highest BCUT2D eigenvalue weighted by atomic mass is 16.5. The van der Waals surface area contributed by atoms with E-state index in [1.165, 1.54) is 32.9 Å². The maximum Gasteiger partial charge on any atom is 0.152 e. The van der Waals surface area contributed by atoms with Crippen LogP contribution in [0.4, 0.5) is 0 Å². The lowest BCUT2D eigenvalue weighted by atomic mass is 9.85. The van der Waals surface area contributed by atoms with E-state index in [1.54, 1.807) is 0 Å². The number of benzene rings is 4. The van der Waals surface area contributed by atoms with Crippen LogP contribution in [0.3, 0.4) is 0 Å². The average molecular weight is 500 g/mol. The van der Waals surface area contributed by atoms with Gasteiger partial charge in [0.15, 0.2) is 5.82 Å². The van der Waals surface area contributed by atoms with Crippen molar-refractivity contribution >= 4 is 32.8 Å². The first-order valence-corrected chi connectivity index (χ1v) is 13.4. The van der Waals surface area contributed by atoms with E-state index in [0.29, 0.717) is 6.61 Å². The number of nitrogens with zero attached hydrogens (tertiary/aromatic N) is 3. The summed E-state index contributed by atoms with van der Waals surface area (Å²) in [7, 11) is 0. The van der Waals surface area contributed by atoms with Crippen molar-refractivity contribution in [1.82, 2.24) is 14.1 Å². The van der Waals surface area contributed by atoms with Crippen molar-refractivity contribution < 1.29 is 4.74 Å². The summed E-state index contributed by atoms with van der Waals surface area (Å²) in [6, 6.07) is 28.8. The van der Waals surface area contributed by atoms with Gasteiger partial charge in [-0.2, -0.15) is 0 Å². The number of rotatable bonds is 1. The SMILES string of the molecule is CC(C)(C)c1ccc2c(c1)c1cc(C(C)(C)C)ccc1n2-c1ccc2nc3n(c2c1)-c1ccccc1OC3. The molecule has 6 aromatic rings. The van der Waals surface area contributed by atoms with Crippen molar-refractivity contribution in [3.8, 4) is 17.1 Å². The molecule has 1 aliphatic rings. The van der Waals surface area contributed by atoms with Gasteiger partial charge in [-0.3, -0.25) is 4.57 Å². The molecule has 4 heteroatoms. The van der Waals surface area contributed by atoms with Crippen molar-refractivity contribution in [2.24, 2.45) is 0 Å². The predicted molar refractivity (Wildman–Crippen MR) is 157 cm³/mol. The van der Waals surface area contributed by atoms with E-state index in [0.717, 1.165) is 34.0 Å². The van der Waals surface area contributed by atoms with E-state index in [2.05, 4.69) is 117 Å². The third-order valence-corrected chi connectivity index (χ3v) is 7.93. The molecular weight excluding hydrogens is 466 g/mol. The number of hydrogen-bond donors (Lipinski definition) is 0. The van der Waals surface area contributed by atoms with E-state index in [4.69, 9.17) is 9.72 Å². The zero-order valence-corrected chi connectivity index (χ0v) is 23.0. The highest BCUT2D eigenvalue weighted by Gasteiger charge is 2.23. The van der Waals surface area contributed by atoms with Crippen molar-refractivity contribution in [1.29, 1.82) is 0 Å². The smallest absolute Gasteiger partial charge is 0.152 e. The van der Waals surface area contributed by atoms with Gasteiger partial charge < -0.3 is 9.30 Å². The van der Waals surface area contributed by atoms with Crippen molar-refractivity contribution in [2.45, 2.75) is 59.0 Å². The zero-order chi connectivity index (χ0) is 26.4. The molecule has 0 saturated heterocycles. The van der Waals surface area contributed by atoms with E-state index in [9.17, 15) is 0 Å². The van der Waals surface area contributed by atoms with Crippen molar-refractivity contribution in [3.05, 3.63) is 95.8 Å². The van der Waals surface area contributed by atoms with Gasteiger partial charge in [-0.1, -0.05) is 65.8 Å². The van der Waals surface area contributed by atoms with Crippen LogP contribution in [-0.2, 0) is 17.4 Å². The Hall–Kier alpha value is -4.05. The van der Waals surface area contributed by atoms with E-state index in [-0.39, 0.29) is 10.8 Å². The average Bonchev–Trinajstić information content (AvgIpc) is 3.42. The summed E-state index contributed by atoms with van der Waals surface area (Å²) in [5.74, 6) is 1.83. The number of aromatic nitrogens is 3. The molecule has 7 rings (SSSR count). The Kier molecular flexibility index (Phi) is 4.70. The van der Waals surface area contributed by atoms with Crippen LogP contribution in [0, 0.1) is 0 Å². The largest absolute Gasteiger partial charge is 0.483 e. The fraction of sp³-hybridized carbons (Fsp3) is 0.265. The molecule has 0 saturated carbocycles. The number of hydrogen-bond acceptors (Lipinski definition) is 2. The van der Waals surface area contributed by atoms with E-state index in [1.807, 2.05) is 12.1 Å². The summed E-state index contributed by atoms with van der Waals surface area (Å²) in [5, 5.41) is 2.60. The van der Waals surface area contributed by atoms with Gasteiger partial charge in [0.1, 0.15) is 12.4 Å². The third kappa shape index (κ3) is 3.39. The minimum absolute atomic E-state index is 0.0787. The minimum atomic E-state index is 0.0787. The Labute approximate surface area is 223 Å². The molecule has 2 aromatic heterocycles. The van der Waals surface area contributed by atoms with Gasteiger partial charge in [-0.05, 0) is 76.6 Å². The highest BCUT2D eigenvalue weighted by Crippen LogP contribution is 2.39. The third-order valence-electron chi connectivity index (χ3n) is 7.93. The molecule has 0 radical (unpaired) electrons. The van der Waals surface area contributed by atoms with Gasteiger partial charge in [0.2, 0.25) is 0 Å². The Balaban J connectivity index is 1.53. The molecule has 190 valence electrons. The molecule has 0 amide bonds. The van der Waals surface area contributed by atoms with Crippen molar-refractivity contribution in [3.63, 3.8) is 0 Å². The van der Waals surface area contributed by atoms with Gasteiger partial charge in [0.05, 0.1) is 27.8 Å². The lowest BCUT2D eigenvalue weighted by Gasteiger charge is -2.20. The predicted octanol–water partition coefficient (Wildman–Crippen LogP) is 8.61. The first-order valence-electron chi connectivity index (χ1n) is 13.4. The molecule has 0 N–H and O–H groups in total. The van der Waals surface area contributed by atoms with Gasteiger partial charge in [0.25, 0.3) is 0 Å². The topological polar surface area (TPSA) is 32.0 Å². The van der Waals surface area contributed by atoms with Crippen LogP contribution in [0.2, 0.25) is 0 Å². The number of imidazole rings is 1. The zero-order valence-electron chi connectivity index (χ0n) is 23.0. The van der Waals surface area contributed by atoms with Crippen LogP contribution in [0.5, 0.6) is 5.75 Å². The lowest BCUT2D eigenvalue weighted by Crippen LogP contribution is -2.12. The number of para-hydroxylation sites is 2. The normalized spacial score (nSPS) is 13.6. The quantitative estimate of drug-likeness (QED) is 0.227. The van der Waals surface area contributed by atoms with Crippen LogP contribution in [0.25, 0.3) is 44.2 Å².